The summed E-state index contributed by atoms with van der Waals surface area (Å²) in [5.74, 6) is -1.92. The molecule has 242 valence electrons. The van der Waals surface area contributed by atoms with E-state index in [0.29, 0.717) is 16.7 Å². The third kappa shape index (κ3) is 6.78. The number of rotatable bonds is 6. The number of halogens is 7. The van der Waals surface area contributed by atoms with Crippen molar-refractivity contribution in [3.63, 3.8) is 0 Å². The summed E-state index contributed by atoms with van der Waals surface area (Å²) in [6.45, 7) is -0.595. The van der Waals surface area contributed by atoms with Crippen molar-refractivity contribution in [1.29, 1.82) is 0 Å². The first kappa shape index (κ1) is 31.7. The smallest absolute Gasteiger partial charge is 0.483 e. The van der Waals surface area contributed by atoms with E-state index in [1.54, 1.807) is 12.1 Å². The maximum Gasteiger partial charge on any atom is 0.573 e. The molecular weight excluding hydrogens is 688 g/mol. The van der Waals surface area contributed by atoms with Crippen LogP contribution >= 0.6 is 15.9 Å². The Balaban J connectivity index is 1.16. The van der Waals surface area contributed by atoms with Crippen LogP contribution in [0.5, 0.6) is 11.5 Å². The Bertz CT molecular complexity index is 1730. The first-order valence-electron chi connectivity index (χ1n) is 14.1. The highest BCUT2D eigenvalue weighted by atomic mass is 79.9. The number of nitrogens with zero attached hydrogens (tertiary/aromatic N) is 2. The van der Waals surface area contributed by atoms with Crippen LogP contribution in [0.2, 0.25) is 0 Å². The Labute approximate surface area is 266 Å². The van der Waals surface area contributed by atoms with E-state index in [9.17, 15) is 40.7 Å². The molecule has 2 heterocycles. The van der Waals surface area contributed by atoms with Crippen molar-refractivity contribution in [2.45, 2.75) is 37.3 Å². The Morgan fingerprint density at radius 3 is 2.37 bits per heavy atom. The summed E-state index contributed by atoms with van der Waals surface area (Å²) in [4.78, 5) is 42.6. The molecule has 6 rings (SSSR count). The fourth-order valence-corrected chi connectivity index (χ4v) is 5.99. The molecule has 3 aromatic rings. The van der Waals surface area contributed by atoms with E-state index in [1.807, 2.05) is 0 Å². The molecule has 0 bridgehead atoms. The van der Waals surface area contributed by atoms with Gasteiger partial charge in [0.25, 0.3) is 11.8 Å². The molecule has 15 heteroatoms. The summed E-state index contributed by atoms with van der Waals surface area (Å²) in [7, 11) is 0. The highest BCUT2D eigenvalue weighted by Crippen LogP contribution is 2.44. The lowest BCUT2D eigenvalue weighted by Crippen LogP contribution is -2.60. The number of carbonyl (C=O) groups excluding carboxylic acids is 3. The van der Waals surface area contributed by atoms with Crippen molar-refractivity contribution in [3.05, 3.63) is 75.8 Å². The van der Waals surface area contributed by atoms with Gasteiger partial charge in [0.1, 0.15) is 17.5 Å². The van der Waals surface area contributed by atoms with Crippen LogP contribution in [-0.4, -0.2) is 66.2 Å². The number of anilines is 1. The molecule has 3 aromatic carbocycles. The van der Waals surface area contributed by atoms with Crippen LogP contribution < -0.4 is 14.8 Å². The van der Waals surface area contributed by atoms with Crippen molar-refractivity contribution in [1.82, 2.24) is 9.80 Å². The van der Waals surface area contributed by atoms with Gasteiger partial charge >= 0.3 is 12.5 Å². The number of carbonyl (C=O) groups is 3. The van der Waals surface area contributed by atoms with Crippen molar-refractivity contribution < 1.29 is 50.2 Å². The van der Waals surface area contributed by atoms with Crippen molar-refractivity contribution >= 4 is 39.3 Å². The fraction of sp³-hybridized carbons (Fsp3) is 0.323. The summed E-state index contributed by atoms with van der Waals surface area (Å²) in [5, 5.41) is 2.70. The number of amides is 3. The van der Waals surface area contributed by atoms with Crippen LogP contribution in [0.25, 0.3) is 11.1 Å². The van der Waals surface area contributed by atoms with E-state index in [4.69, 9.17) is 4.74 Å². The van der Waals surface area contributed by atoms with Gasteiger partial charge in [0, 0.05) is 13.1 Å². The van der Waals surface area contributed by atoms with Crippen LogP contribution in [0.4, 0.5) is 32.0 Å². The molecule has 2 fully saturated rings. The lowest BCUT2D eigenvalue weighted by Gasteiger charge is -2.39. The molecule has 3 aliphatic rings. The van der Waals surface area contributed by atoms with Gasteiger partial charge in [-0.05, 0) is 93.8 Å². The van der Waals surface area contributed by atoms with Gasteiger partial charge in [0.15, 0.2) is 6.61 Å². The zero-order chi connectivity index (χ0) is 33.0. The molecule has 1 atom stereocenters. The van der Waals surface area contributed by atoms with Gasteiger partial charge in [0.2, 0.25) is 5.91 Å². The maximum absolute atomic E-state index is 13.7. The minimum atomic E-state index is -4.88. The lowest BCUT2D eigenvalue weighted by atomic mass is 9.95. The van der Waals surface area contributed by atoms with Crippen molar-refractivity contribution in [3.8, 4) is 22.6 Å². The monoisotopic (exact) mass is 711 g/mol. The van der Waals surface area contributed by atoms with Gasteiger partial charge in [0.05, 0.1) is 27.8 Å². The largest absolute Gasteiger partial charge is 0.573 e. The molecule has 1 N–H and O–H groups in total. The second kappa shape index (κ2) is 11.8. The van der Waals surface area contributed by atoms with E-state index in [-0.39, 0.29) is 47.0 Å². The zero-order valence-corrected chi connectivity index (χ0v) is 25.3. The van der Waals surface area contributed by atoms with Crippen LogP contribution in [0.15, 0.2) is 59.1 Å². The third-order valence-electron chi connectivity index (χ3n) is 7.96. The Hall–Kier alpha value is -4.27. The predicted molar refractivity (Wildman–Crippen MR) is 155 cm³/mol. The van der Waals surface area contributed by atoms with Gasteiger partial charge in [-0.25, -0.2) is 0 Å². The second-order valence-electron chi connectivity index (χ2n) is 11.1. The van der Waals surface area contributed by atoms with E-state index in [1.165, 1.54) is 28.0 Å². The predicted octanol–water partition coefficient (Wildman–Crippen LogP) is 6.60. The number of nitrogens with one attached hydrogen (secondary N) is 1. The number of piperazine rings is 1. The zero-order valence-electron chi connectivity index (χ0n) is 23.7. The first-order valence-corrected chi connectivity index (χ1v) is 14.9. The lowest BCUT2D eigenvalue weighted by molar-refractivity contribution is -0.274. The van der Waals surface area contributed by atoms with E-state index in [2.05, 4.69) is 26.0 Å². The Kier molecular flexibility index (Phi) is 8.15. The summed E-state index contributed by atoms with van der Waals surface area (Å²) in [6.07, 6.45) is -7.81. The number of benzene rings is 3. The van der Waals surface area contributed by atoms with E-state index < -0.39 is 54.2 Å². The van der Waals surface area contributed by atoms with E-state index in [0.717, 1.165) is 37.1 Å². The summed E-state index contributed by atoms with van der Waals surface area (Å²) in [5.41, 5.74) is 0.832. The number of alkyl halides is 6. The van der Waals surface area contributed by atoms with Gasteiger partial charge in [-0.1, -0.05) is 12.1 Å². The second-order valence-corrected chi connectivity index (χ2v) is 12.0. The highest BCUT2D eigenvalue weighted by molar-refractivity contribution is 9.10. The molecule has 8 nitrogen and oxygen atoms in total. The molecule has 3 amide bonds. The van der Waals surface area contributed by atoms with Crippen LogP contribution in [-0.2, 0) is 15.8 Å². The molecule has 0 spiro atoms. The van der Waals surface area contributed by atoms with Gasteiger partial charge < -0.3 is 24.6 Å². The fourth-order valence-electron chi connectivity index (χ4n) is 5.52. The van der Waals surface area contributed by atoms with Gasteiger partial charge in [-0.2, -0.15) is 13.2 Å². The molecule has 1 aliphatic carbocycles. The van der Waals surface area contributed by atoms with Gasteiger partial charge in [-0.15, -0.1) is 13.2 Å². The minimum Gasteiger partial charge on any atom is -0.483 e. The Morgan fingerprint density at radius 2 is 1.70 bits per heavy atom. The van der Waals surface area contributed by atoms with E-state index >= 15 is 0 Å². The molecular formula is C31H24BrF6N3O5. The topological polar surface area (TPSA) is 88.2 Å². The van der Waals surface area contributed by atoms with Crippen molar-refractivity contribution in [2.75, 3.05) is 31.6 Å². The normalized spacial score (nSPS) is 18.4. The van der Waals surface area contributed by atoms with Gasteiger partial charge in [-0.3, -0.25) is 14.4 Å². The number of hydrogen-bond donors (Lipinski definition) is 1. The highest BCUT2D eigenvalue weighted by Gasteiger charge is 2.41. The standard InChI is InChI=1S/C31H24BrF6N3O5/c32-23-13-21(46-31(36,37)38)4-6-26(23)45-15-27(42)40-7-8-41-25(14-40)28(43)39-24-5-3-17(12-22(24)29(41)44)19-9-18(16-1-2-16)10-20(11-19)30(33,34)35/h3-6,9-13,16,25H,1-2,7-8,14-15H2,(H,39,43)/t25-/m0/s1. The van der Waals surface area contributed by atoms with Crippen LogP contribution in [0.3, 0.4) is 0 Å². The summed E-state index contributed by atoms with van der Waals surface area (Å²) in [6, 6.07) is 10.6. The quantitative estimate of drug-likeness (QED) is 0.292. The summed E-state index contributed by atoms with van der Waals surface area (Å²) >= 11 is 3.08. The SMILES string of the molecule is O=C1Nc2ccc(-c3cc(C4CC4)cc(C(F)(F)F)c3)cc2C(=O)N2CCN(C(=O)COc3ccc(OC(F)(F)F)cc3Br)C[C@@H]12. The number of ether oxygens (including phenoxy) is 2. The maximum atomic E-state index is 13.7. The molecule has 1 saturated carbocycles. The minimum absolute atomic E-state index is 0.00507. The molecule has 0 unspecified atom stereocenters. The average molecular weight is 712 g/mol. The molecule has 1 saturated heterocycles. The summed E-state index contributed by atoms with van der Waals surface area (Å²) < 4.78 is 87.9. The average Bonchev–Trinajstić information content (AvgIpc) is 3.85. The van der Waals surface area contributed by atoms with Crippen LogP contribution in [0.1, 0.15) is 40.2 Å². The van der Waals surface area contributed by atoms with Crippen molar-refractivity contribution in [2.24, 2.45) is 0 Å². The molecule has 46 heavy (non-hydrogen) atoms. The number of hydrogen-bond acceptors (Lipinski definition) is 5. The molecule has 0 aromatic heterocycles. The van der Waals surface area contributed by atoms with Crippen LogP contribution in [0, 0.1) is 0 Å². The molecule has 0 radical (unpaired) electrons. The first-order chi connectivity index (χ1) is 21.7. The Morgan fingerprint density at radius 1 is 0.935 bits per heavy atom. The number of fused-ring (bicyclic) bond motifs is 2. The molecule has 2 aliphatic heterocycles. The third-order valence-corrected chi connectivity index (χ3v) is 8.58.